The van der Waals surface area contributed by atoms with Crippen LogP contribution in [0.5, 0.6) is 0 Å². The quantitative estimate of drug-likeness (QED) is 0.635. The number of hydrogen-bond donors (Lipinski definition) is 0. The molecule has 0 aliphatic heterocycles. The van der Waals surface area contributed by atoms with Crippen LogP contribution in [-0.4, -0.2) is 6.54 Å². The van der Waals surface area contributed by atoms with Crippen LogP contribution in [0.2, 0.25) is 0 Å². The molecule has 0 N–H and O–H groups in total. The highest BCUT2D eigenvalue weighted by molar-refractivity contribution is 5.63. The molecule has 0 saturated heterocycles. The number of para-hydroxylation sites is 2. The Balaban J connectivity index is 2.15. The van der Waals surface area contributed by atoms with Gasteiger partial charge in [0.05, 0.1) is 0 Å². The summed E-state index contributed by atoms with van der Waals surface area (Å²) in [4.78, 5) is 2.31. The molecule has 0 fully saturated rings. The Bertz CT molecular complexity index is 501. The number of allylic oxidation sites excluding steroid dienone is 3. The molecule has 0 aliphatic carbocycles. The van der Waals surface area contributed by atoms with Gasteiger partial charge in [0.15, 0.2) is 0 Å². The largest absolute Gasteiger partial charge is 0.338 e. The summed E-state index contributed by atoms with van der Waals surface area (Å²) in [5, 5.41) is 0. The predicted octanol–water partition coefficient (Wildman–Crippen LogP) is 5.35. The number of anilines is 2. The molecule has 0 aliphatic rings. The fraction of sp³-hybridized carbons (Fsp3) is 0.158. The molecule has 102 valence electrons. The minimum Gasteiger partial charge on any atom is -0.338 e. The standard InChI is InChI=1S/C19H21N/c1-2-3-4-5-12-17-20(18-13-8-6-9-14-18)19-15-10-7-11-16-19/h2-3,5-16H,4,17H2,1H3/b3-2-,12-5-. The van der Waals surface area contributed by atoms with Gasteiger partial charge in [-0.05, 0) is 37.6 Å². The lowest BCUT2D eigenvalue weighted by Crippen LogP contribution is -2.16. The van der Waals surface area contributed by atoms with Gasteiger partial charge in [0.25, 0.3) is 0 Å². The van der Waals surface area contributed by atoms with Crippen molar-refractivity contribution in [2.45, 2.75) is 13.3 Å². The highest BCUT2D eigenvalue weighted by Gasteiger charge is 2.05. The summed E-state index contributed by atoms with van der Waals surface area (Å²) in [5.74, 6) is 0. The van der Waals surface area contributed by atoms with E-state index in [0.717, 1.165) is 13.0 Å². The van der Waals surface area contributed by atoms with Crippen LogP contribution in [0.25, 0.3) is 0 Å². The lowest BCUT2D eigenvalue weighted by atomic mass is 10.2. The second-order valence-electron chi connectivity index (χ2n) is 4.56. The van der Waals surface area contributed by atoms with Crippen molar-refractivity contribution in [2.24, 2.45) is 0 Å². The van der Waals surface area contributed by atoms with E-state index in [-0.39, 0.29) is 0 Å². The van der Waals surface area contributed by atoms with Gasteiger partial charge >= 0.3 is 0 Å². The summed E-state index contributed by atoms with van der Waals surface area (Å²) < 4.78 is 0. The minimum absolute atomic E-state index is 0.881. The first-order valence-corrected chi connectivity index (χ1v) is 7.05. The topological polar surface area (TPSA) is 3.24 Å². The molecule has 0 amide bonds. The average Bonchev–Trinajstić information content (AvgIpc) is 2.53. The summed E-state index contributed by atoms with van der Waals surface area (Å²) in [7, 11) is 0. The first-order valence-electron chi connectivity index (χ1n) is 7.05. The van der Waals surface area contributed by atoms with Gasteiger partial charge in [-0.3, -0.25) is 0 Å². The Morgan fingerprint density at radius 1 is 0.750 bits per heavy atom. The number of rotatable bonds is 6. The van der Waals surface area contributed by atoms with Crippen LogP contribution in [-0.2, 0) is 0 Å². The van der Waals surface area contributed by atoms with Crippen LogP contribution < -0.4 is 4.90 Å². The van der Waals surface area contributed by atoms with Crippen molar-refractivity contribution < 1.29 is 0 Å². The predicted molar refractivity (Wildman–Crippen MR) is 88.5 cm³/mol. The van der Waals surface area contributed by atoms with Crippen LogP contribution in [0.15, 0.2) is 85.0 Å². The first kappa shape index (κ1) is 14.1. The van der Waals surface area contributed by atoms with Crippen molar-refractivity contribution >= 4 is 11.4 Å². The van der Waals surface area contributed by atoms with Crippen molar-refractivity contribution in [3.63, 3.8) is 0 Å². The molecule has 0 aromatic heterocycles. The number of nitrogens with zero attached hydrogens (tertiary/aromatic N) is 1. The zero-order chi connectivity index (χ0) is 14.0. The zero-order valence-electron chi connectivity index (χ0n) is 11.9. The lowest BCUT2D eigenvalue weighted by Gasteiger charge is -2.23. The molecular weight excluding hydrogens is 242 g/mol. The summed E-state index contributed by atoms with van der Waals surface area (Å²) in [5.41, 5.74) is 2.43. The SMILES string of the molecule is C/C=C\C/C=C\CN(c1ccccc1)c1ccccc1. The van der Waals surface area contributed by atoms with Gasteiger partial charge in [0.1, 0.15) is 0 Å². The number of benzene rings is 2. The second-order valence-corrected chi connectivity index (χ2v) is 4.56. The fourth-order valence-electron chi connectivity index (χ4n) is 2.07. The van der Waals surface area contributed by atoms with Gasteiger partial charge in [-0.1, -0.05) is 60.7 Å². The molecule has 2 rings (SSSR count). The van der Waals surface area contributed by atoms with Gasteiger partial charge in [0, 0.05) is 17.9 Å². The maximum atomic E-state index is 2.31. The maximum absolute atomic E-state index is 2.31. The van der Waals surface area contributed by atoms with E-state index in [9.17, 15) is 0 Å². The Kier molecular flexibility index (Phi) is 5.66. The Labute approximate surface area is 121 Å². The van der Waals surface area contributed by atoms with Gasteiger partial charge < -0.3 is 4.90 Å². The average molecular weight is 263 g/mol. The second kappa shape index (κ2) is 8.00. The summed E-state index contributed by atoms with van der Waals surface area (Å²) in [6.45, 7) is 2.93. The van der Waals surface area contributed by atoms with Gasteiger partial charge in [-0.15, -0.1) is 0 Å². The van der Waals surface area contributed by atoms with Crippen molar-refractivity contribution in [1.29, 1.82) is 0 Å². The fourth-order valence-corrected chi connectivity index (χ4v) is 2.07. The molecule has 0 radical (unpaired) electrons. The molecule has 0 atom stereocenters. The molecule has 20 heavy (non-hydrogen) atoms. The molecule has 1 nitrogen and oxygen atoms in total. The van der Waals surface area contributed by atoms with Crippen molar-refractivity contribution in [1.82, 2.24) is 0 Å². The molecule has 0 heterocycles. The molecule has 1 heteroatoms. The van der Waals surface area contributed by atoms with Crippen LogP contribution >= 0.6 is 0 Å². The third kappa shape index (κ3) is 4.13. The van der Waals surface area contributed by atoms with Crippen molar-refractivity contribution in [3.05, 3.63) is 85.0 Å². The third-order valence-electron chi connectivity index (χ3n) is 3.10. The van der Waals surface area contributed by atoms with Crippen molar-refractivity contribution in [2.75, 3.05) is 11.4 Å². The van der Waals surface area contributed by atoms with E-state index in [0.29, 0.717) is 0 Å². The molecular formula is C19H21N. The highest BCUT2D eigenvalue weighted by atomic mass is 15.1. The molecule has 0 bridgehead atoms. The Morgan fingerprint density at radius 2 is 1.30 bits per heavy atom. The molecule has 0 unspecified atom stereocenters. The van der Waals surface area contributed by atoms with Crippen LogP contribution in [0.1, 0.15) is 13.3 Å². The molecule has 0 spiro atoms. The monoisotopic (exact) mass is 263 g/mol. The molecule has 2 aromatic carbocycles. The van der Waals surface area contributed by atoms with E-state index in [2.05, 4.69) is 89.9 Å². The van der Waals surface area contributed by atoms with Crippen molar-refractivity contribution in [3.8, 4) is 0 Å². The van der Waals surface area contributed by atoms with Crippen LogP contribution in [0, 0.1) is 0 Å². The van der Waals surface area contributed by atoms with Gasteiger partial charge in [-0.2, -0.15) is 0 Å². The van der Waals surface area contributed by atoms with E-state index < -0.39 is 0 Å². The van der Waals surface area contributed by atoms with E-state index in [4.69, 9.17) is 0 Å². The van der Waals surface area contributed by atoms with E-state index in [1.54, 1.807) is 0 Å². The Hall–Kier alpha value is -2.28. The Morgan fingerprint density at radius 3 is 1.80 bits per heavy atom. The van der Waals surface area contributed by atoms with E-state index >= 15 is 0 Å². The number of hydrogen-bond acceptors (Lipinski definition) is 1. The van der Waals surface area contributed by atoms with Crippen LogP contribution in [0.3, 0.4) is 0 Å². The summed E-state index contributed by atoms with van der Waals surface area (Å²) in [6.07, 6.45) is 9.66. The van der Waals surface area contributed by atoms with Gasteiger partial charge in [-0.25, -0.2) is 0 Å². The summed E-state index contributed by atoms with van der Waals surface area (Å²) >= 11 is 0. The normalized spacial score (nSPS) is 11.2. The minimum atomic E-state index is 0.881. The van der Waals surface area contributed by atoms with E-state index in [1.807, 2.05) is 6.92 Å². The zero-order valence-corrected chi connectivity index (χ0v) is 11.9. The van der Waals surface area contributed by atoms with Gasteiger partial charge in [0.2, 0.25) is 0 Å². The third-order valence-corrected chi connectivity index (χ3v) is 3.10. The smallest absolute Gasteiger partial charge is 0.0413 e. The maximum Gasteiger partial charge on any atom is 0.0413 e. The van der Waals surface area contributed by atoms with Crippen LogP contribution in [0.4, 0.5) is 11.4 Å². The van der Waals surface area contributed by atoms with E-state index in [1.165, 1.54) is 11.4 Å². The first-order chi connectivity index (χ1) is 9.92. The lowest BCUT2D eigenvalue weighted by molar-refractivity contribution is 1.09. The summed E-state index contributed by atoms with van der Waals surface area (Å²) in [6, 6.07) is 21.0. The highest BCUT2D eigenvalue weighted by Crippen LogP contribution is 2.24. The molecule has 2 aromatic rings. The molecule has 0 saturated carbocycles.